The topological polar surface area (TPSA) is 132 Å². The Balaban J connectivity index is 5.42. The van der Waals surface area contributed by atoms with Gasteiger partial charge in [-0.25, -0.2) is 0 Å². The van der Waals surface area contributed by atoms with E-state index in [4.69, 9.17) is 10.5 Å². The summed E-state index contributed by atoms with van der Waals surface area (Å²) in [5.74, 6) is -1.46. The third kappa shape index (κ3) is 16.1. The molecule has 35 heavy (non-hydrogen) atoms. The number of hydrogen-bond donors (Lipinski definition) is 2. The molecule has 0 atom stereocenters. The highest BCUT2D eigenvalue weighted by Crippen LogP contribution is 2.03. The standard InChI is InChI=1S/C23H47N7O5/c1-25-16-21(32)29(13-8-11-27(4)5)18-23(34)30(14-9-15-35-6)19-22(33)28(17-20(24)31)12-7-10-26(2)3/h25H,7-19H2,1-6H3,(H2,24,31). The maximum absolute atomic E-state index is 13.2. The molecule has 0 saturated heterocycles. The largest absolute Gasteiger partial charge is 0.385 e. The summed E-state index contributed by atoms with van der Waals surface area (Å²) in [6.07, 6.45) is 1.93. The van der Waals surface area contributed by atoms with Gasteiger partial charge in [-0.2, -0.15) is 0 Å². The first-order valence-corrected chi connectivity index (χ1v) is 12.1. The number of nitrogens with two attached hydrogens (primary N) is 1. The zero-order valence-corrected chi connectivity index (χ0v) is 22.5. The van der Waals surface area contributed by atoms with Crippen LogP contribution in [0.25, 0.3) is 0 Å². The van der Waals surface area contributed by atoms with E-state index in [1.165, 1.54) is 14.7 Å². The van der Waals surface area contributed by atoms with Crippen LogP contribution in [0, 0.1) is 0 Å². The lowest BCUT2D eigenvalue weighted by atomic mass is 10.3. The van der Waals surface area contributed by atoms with E-state index >= 15 is 0 Å². The number of methoxy groups -OCH3 is 1. The van der Waals surface area contributed by atoms with Crippen molar-refractivity contribution in [2.45, 2.75) is 19.3 Å². The van der Waals surface area contributed by atoms with Gasteiger partial charge in [0.1, 0.15) is 0 Å². The molecule has 0 bridgehead atoms. The summed E-state index contributed by atoms with van der Waals surface area (Å²) in [6, 6.07) is 0. The molecule has 0 heterocycles. The molecule has 0 aliphatic carbocycles. The summed E-state index contributed by atoms with van der Waals surface area (Å²) in [7, 11) is 11.0. The predicted molar refractivity (Wildman–Crippen MR) is 136 cm³/mol. The smallest absolute Gasteiger partial charge is 0.242 e. The lowest BCUT2D eigenvalue weighted by molar-refractivity contribution is -0.144. The molecule has 0 radical (unpaired) electrons. The number of ether oxygens (including phenoxy) is 1. The Hall–Kier alpha value is -2.28. The van der Waals surface area contributed by atoms with Crippen molar-refractivity contribution in [3.8, 4) is 0 Å². The van der Waals surface area contributed by atoms with Crippen LogP contribution in [0.3, 0.4) is 0 Å². The maximum Gasteiger partial charge on any atom is 0.242 e. The highest BCUT2D eigenvalue weighted by Gasteiger charge is 2.25. The molecule has 0 aromatic carbocycles. The number of nitrogens with zero attached hydrogens (tertiary/aromatic N) is 5. The van der Waals surface area contributed by atoms with E-state index in [0.29, 0.717) is 39.1 Å². The van der Waals surface area contributed by atoms with E-state index in [1.807, 2.05) is 38.0 Å². The minimum Gasteiger partial charge on any atom is -0.385 e. The molecule has 0 saturated carbocycles. The van der Waals surface area contributed by atoms with Crippen molar-refractivity contribution in [3.63, 3.8) is 0 Å². The molecule has 0 spiro atoms. The Morgan fingerprint density at radius 3 is 1.51 bits per heavy atom. The summed E-state index contributed by atoms with van der Waals surface area (Å²) in [5.41, 5.74) is 5.35. The van der Waals surface area contributed by atoms with Crippen molar-refractivity contribution < 1.29 is 23.9 Å². The van der Waals surface area contributed by atoms with Gasteiger partial charge in [0.05, 0.1) is 26.2 Å². The van der Waals surface area contributed by atoms with Crippen LogP contribution in [0.4, 0.5) is 0 Å². The second-order valence-electron chi connectivity index (χ2n) is 9.10. The molecule has 0 aromatic rings. The van der Waals surface area contributed by atoms with Gasteiger partial charge in [0, 0.05) is 33.4 Å². The number of likely N-dealkylation sites (N-methyl/N-ethyl adjacent to an activating group) is 1. The minimum atomic E-state index is -0.606. The van der Waals surface area contributed by atoms with Crippen LogP contribution in [-0.4, -0.2) is 156 Å². The lowest BCUT2D eigenvalue weighted by Gasteiger charge is -2.30. The van der Waals surface area contributed by atoms with Crippen molar-refractivity contribution in [2.24, 2.45) is 5.73 Å². The number of carbonyl (C=O) groups excluding carboxylic acids is 4. The summed E-state index contributed by atoms with van der Waals surface area (Å²) >= 11 is 0. The van der Waals surface area contributed by atoms with Crippen LogP contribution in [0.2, 0.25) is 0 Å². The number of primary amides is 1. The molecule has 0 aliphatic heterocycles. The average molecular weight is 502 g/mol. The number of rotatable bonds is 20. The molecule has 4 amide bonds. The second-order valence-corrected chi connectivity index (χ2v) is 9.10. The molecule has 0 aliphatic rings. The molecular weight excluding hydrogens is 454 g/mol. The van der Waals surface area contributed by atoms with Gasteiger partial charge < -0.3 is 40.3 Å². The van der Waals surface area contributed by atoms with Crippen molar-refractivity contribution >= 4 is 23.6 Å². The molecule has 0 unspecified atom stereocenters. The van der Waals surface area contributed by atoms with Gasteiger partial charge in [-0.15, -0.1) is 0 Å². The molecule has 12 heteroatoms. The Labute approximate surface area is 210 Å². The van der Waals surface area contributed by atoms with E-state index in [0.717, 1.165) is 19.5 Å². The van der Waals surface area contributed by atoms with Crippen molar-refractivity contribution in [1.82, 2.24) is 29.8 Å². The SMILES string of the molecule is CNCC(=O)N(CCCN(C)C)CC(=O)N(CCCOC)CC(=O)N(CCCN(C)C)CC(N)=O. The van der Waals surface area contributed by atoms with E-state index < -0.39 is 5.91 Å². The van der Waals surface area contributed by atoms with Crippen LogP contribution in [0.15, 0.2) is 0 Å². The van der Waals surface area contributed by atoms with Gasteiger partial charge >= 0.3 is 0 Å². The van der Waals surface area contributed by atoms with Crippen LogP contribution in [0.5, 0.6) is 0 Å². The van der Waals surface area contributed by atoms with Gasteiger partial charge in [0.25, 0.3) is 0 Å². The van der Waals surface area contributed by atoms with Gasteiger partial charge in [-0.1, -0.05) is 0 Å². The molecule has 3 N–H and O–H groups in total. The number of carbonyl (C=O) groups is 4. The molecule has 0 rings (SSSR count). The second kappa shape index (κ2) is 19.0. The highest BCUT2D eigenvalue weighted by molar-refractivity contribution is 5.90. The van der Waals surface area contributed by atoms with E-state index in [-0.39, 0.29) is 43.9 Å². The van der Waals surface area contributed by atoms with Crippen LogP contribution in [0.1, 0.15) is 19.3 Å². The fraction of sp³-hybridized carbons (Fsp3) is 0.826. The summed E-state index contributed by atoms with van der Waals surface area (Å²) < 4.78 is 5.10. The number of amides is 4. The maximum atomic E-state index is 13.2. The van der Waals surface area contributed by atoms with Crippen molar-refractivity contribution in [3.05, 3.63) is 0 Å². The minimum absolute atomic E-state index is 0.120. The Morgan fingerprint density at radius 1 is 0.686 bits per heavy atom. The fourth-order valence-corrected chi connectivity index (χ4v) is 3.41. The van der Waals surface area contributed by atoms with E-state index in [1.54, 1.807) is 14.2 Å². The summed E-state index contributed by atoms with van der Waals surface area (Å²) in [6.45, 7) is 2.65. The average Bonchev–Trinajstić information content (AvgIpc) is 2.76. The quantitative estimate of drug-likeness (QED) is 0.185. The third-order valence-electron chi connectivity index (χ3n) is 5.23. The Kier molecular flexibility index (Phi) is 17.7. The predicted octanol–water partition coefficient (Wildman–Crippen LogP) is -1.88. The normalized spacial score (nSPS) is 11.1. The zero-order chi connectivity index (χ0) is 26.8. The zero-order valence-electron chi connectivity index (χ0n) is 22.5. The number of hydrogen-bond acceptors (Lipinski definition) is 8. The van der Waals surface area contributed by atoms with E-state index in [2.05, 4.69) is 5.32 Å². The molecule has 204 valence electrons. The molecular formula is C23H47N7O5. The highest BCUT2D eigenvalue weighted by atomic mass is 16.5. The van der Waals surface area contributed by atoms with Gasteiger partial charge in [0.2, 0.25) is 23.6 Å². The monoisotopic (exact) mass is 501 g/mol. The van der Waals surface area contributed by atoms with Gasteiger partial charge in [0.15, 0.2) is 0 Å². The van der Waals surface area contributed by atoms with Crippen LogP contribution in [-0.2, 0) is 23.9 Å². The molecule has 0 aromatic heterocycles. The first kappa shape index (κ1) is 32.7. The van der Waals surface area contributed by atoms with Crippen molar-refractivity contribution in [1.29, 1.82) is 0 Å². The Bertz CT molecular complexity index is 646. The third-order valence-corrected chi connectivity index (χ3v) is 5.23. The lowest BCUT2D eigenvalue weighted by Crippen LogP contribution is -2.50. The van der Waals surface area contributed by atoms with Crippen LogP contribution >= 0.6 is 0 Å². The Morgan fingerprint density at radius 2 is 1.11 bits per heavy atom. The molecule has 0 fully saturated rings. The molecule has 12 nitrogen and oxygen atoms in total. The summed E-state index contributed by atoms with van der Waals surface area (Å²) in [4.78, 5) is 58.8. The van der Waals surface area contributed by atoms with Crippen LogP contribution < -0.4 is 11.1 Å². The van der Waals surface area contributed by atoms with E-state index in [9.17, 15) is 19.2 Å². The first-order valence-electron chi connectivity index (χ1n) is 12.1. The summed E-state index contributed by atoms with van der Waals surface area (Å²) in [5, 5.41) is 2.83. The fourth-order valence-electron chi connectivity index (χ4n) is 3.41. The first-order chi connectivity index (χ1) is 16.5. The van der Waals surface area contributed by atoms with Gasteiger partial charge in [-0.05, 0) is 67.6 Å². The number of nitrogens with one attached hydrogen (secondary N) is 1. The van der Waals surface area contributed by atoms with Gasteiger partial charge in [-0.3, -0.25) is 19.2 Å². The van der Waals surface area contributed by atoms with Crippen molar-refractivity contribution in [2.75, 3.05) is 108 Å².